The number of hydrogen-bond donors (Lipinski definition) is 0. The van der Waals surface area contributed by atoms with Crippen LogP contribution in [0, 0.1) is 23.7 Å². The standard InChI is InChI=1S/C20H26F8/c1-12(11-16(20(26,27)28)19(24,25)17(21)18(22)23)13-7-9-15(10-8-13)14-5-3-2-4-6-14/h13-16H,1-11H2. The summed E-state index contributed by atoms with van der Waals surface area (Å²) < 4.78 is 104. The molecule has 0 aliphatic heterocycles. The number of halogens is 8. The lowest BCUT2D eigenvalue weighted by molar-refractivity contribution is -0.234. The van der Waals surface area contributed by atoms with E-state index in [4.69, 9.17) is 0 Å². The first-order chi connectivity index (χ1) is 12.9. The predicted octanol–water partition coefficient (Wildman–Crippen LogP) is 8.21. The summed E-state index contributed by atoms with van der Waals surface area (Å²) in [6.07, 6.45) is -1.63. The van der Waals surface area contributed by atoms with Gasteiger partial charge in [0.1, 0.15) is 5.92 Å². The van der Waals surface area contributed by atoms with E-state index in [1.165, 1.54) is 19.3 Å². The van der Waals surface area contributed by atoms with Gasteiger partial charge in [0, 0.05) is 0 Å². The Kier molecular flexibility index (Phi) is 7.59. The summed E-state index contributed by atoms with van der Waals surface area (Å²) in [6, 6.07) is 0. The van der Waals surface area contributed by atoms with E-state index in [1.807, 2.05) is 0 Å². The van der Waals surface area contributed by atoms with Crippen molar-refractivity contribution in [2.24, 2.45) is 23.7 Å². The van der Waals surface area contributed by atoms with Crippen molar-refractivity contribution < 1.29 is 35.1 Å². The highest BCUT2D eigenvalue weighted by Gasteiger charge is 2.59. The third kappa shape index (κ3) is 5.50. The Hall–Kier alpha value is -1.08. The Morgan fingerprint density at radius 1 is 0.786 bits per heavy atom. The first-order valence-electron chi connectivity index (χ1n) is 9.78. The molecule has 28 heavy (non-hydrogen) atoms. The van der Waals surface area contributed by atoms with Crippen LogP contribution in [0.3, 0.4) is 0 Å². The molecular weight excluding hydrogens is 392 g/mol. The number of rotatable bonds is 6. The average molecular weight is 418 g/mol. The van der Waals surface area contributed by atoms with Gasteiger partial charge in [-0.1, -0.05) is 44.3 Å². The van der Waals surface area contributed by atoms with Crippen LogP contribution in [-0.2, 0) is 0 Å². The van der Waals surface area contributed by atoms with Crippen molar-refractivity contribution in [1.29, 1.82) is 0 Å². The van der Waals surface area contributed by atoms with E-state index in [1.54, 1.807) is 0 Å². The Morgan fingerprint density at radius 3 is 1.75 bits per heavy atom. The van der Waals surface area contributed by atoms with E-state index < -0.39 is 36.3 Å². The predicted molar refractivity (Wildman–Crippen MR) is 90.6 cm³/mol. The summed E-state index contributed by atoms with van der Waals surface area (Å²) in [4.78, 5) is 0. The van der Waals surface area contributed by atoms with E-state index in [9.17, 15) is 35.1 Å². The van der Waals surface area contributed by atoms with Crippen LogP contribution in [0.25, 0.3) is 0 Å². The molecule has 0 nitrogen and oxygen atoms in total. The summed E-state index contributed by atoms with van der Waals surface area (Å²) in [6.45, 7) is 3.53. The zero-order chi connectivity index (χ0) is 21.1. The molecule has 0 bridgehead atoms. The van der Waals surface area contributed by atoms with E-state index in [0.717, 1.165) is 25.7 Å². The minimum atomic E-state index is -5.53. The van der Waals surface area contributed by atoms with Crippen molar-refractivity contribution in [3.63, 3.8) is 0 Å². The van der Waals surface area contributed by atoms with E-state index in [-0.39, 0.29) is 11.5 Å². The summed E-state index contributed by atoms with van der Waals surface area (Å²) in [5.74, 6) is -11.5. The van der Waals surface area contributed by atoms with Gasteiger partial charge in [-0.15, -0.1) is 0 Å². The van der Waals surface area contributed by atoms with Crippen LogP contribution in [0.2, 0.25) is 0 Å². The van der Waals surface area contributed by atoms with Gasteiger partial charge in [-0.25, -0.2) is 0 Å². The van der Waals surface area contributed by atoms with E-state index in [0.29, 0.717) is 24.7 Å². The molecule has 162 valence electrons. The summed E-state index contributed by atoms with van der Waals surface area (Å²) >= 11 is 0. The van der Waals surface area contributed by atoms with Crippen LogP contribution in [-0.4, -0.2) is 12.1 Å². The van der Waals surface area contributed by atoms with E-state index >= 15 is 0 Å². The van der Waals surface area contributed by atoms with Gasteiger partial charge in [0.05, 0.1) is 0 Å². The Bertz CT molecular complexity index is 559. The quantitative estimate of drug-likeness (QED) is 0.301. The molecule has 8 heteroatoms. The normalized spacial score (nSPS) is 26.0. The third-order valence-corrected chi connectivity index (χ3v) is 6.42. The maximum absolute atomic E-state index is 13.8. The molecule has 0 aromatic rings. The zero-order valence-electron chi connectivity index (χ0n) is 15.6. The molecular formula is C20H26F8. The van der Waals surface area contributed by atoms with E-state index in [2.05, 4.69) is 6.58 Å². The van der Waals surface area contributed by atoms with Gasteiger partial charge in [-0.3, -0.25) is 0 Å². The topological polar surface area (TPSA) is 0 Å². The number of alkyl halides is 5. The summed E-state index contributed by atoms with van der Waals surface area (Å²) in [7, 11) is 0. The molecule has 1 unspecified atom stereocenters. The Morgan fingerprint density at radius 2 is 1.29 bits per heavy atom. The molecule has 2 fully saturated rings. The first-order valence-corrected chi connectivity index (χ1v) is 9.78. The fourth-order valence-corrected chi connectivity index (χ4v) is 4.76. The molecule has 0 aromatic carbocycles. The second-order valence-corrected chi connectivity index (χ2v) is 8.16. The van der Waals surface area contributed by atoms with Crippen LogP contribution in [0.5, 0.6) is 0 Å². The van der Waals surface area contributed by atoms with Gasteiger partial charge in [-0.2, -0.15) is 35.1 Å². The highest BCUT2D eigenvalue weighted by Crippen LogP contribution is 2.49. The van der Waals surface area contributed by atoms with Gasteiger partial charge in [0.25, 0.3) is 0 Å². The molecule has 0 amide bonds. The molecule has 0 radical (unpaired) electrons. The van der Waals surface area contributed by atoms with Gasteiger partial charge >= 0.3 is 18.2 Å². The largest absolute Gasteiger partial charge is 0.398 e. The Labute approximate surface area is 160 Å². The summed E-state index contributed by atoms with van der Waals surface area (Å²) in [5, 5.41) is 0. The molecule has 2 rings (SSSR count). The molecule has 0 N–H and O–H groups in total. The average Bonchev–Trinajstić information content (AvgIpc) is 2.65. The second-order valence-electron chi connectivity index (χ2n) is 8.16. The molecule has 0 saturated heterocycles. The molecule has 0 heterocycles. The van der Waals surface area contributed by atoms with Crippen molar-refractivity contribution >= 4 is 0 Å². The van der Waals surface area contributed by atoms with Gasteiger partial charge in [0.15, 0.2) is 0 Å². The van der Waals surface area contributed by atoms with Gasteiger partial charge < -0.3 is 0 Å². The Balaban J connectivity index is 2.01. The minimum absolute atomic E-state index is 0.0591. The van der Waals surface area contributed by atoms with Crippen molar-refractivity contribution in [1.82, 2.24) is 0 Å². The lowest BCUT2D eigenvalue weighted by Gasteiger charge is -2.37. The van der Waals surface area contributed by atoms with Crippen molar-refractivity contribution in [3.05, 3.63) is 24.1 Å². The van der Waals surface area contributed by atoms with Crippen LogP contribution in [0.15, 0.2) is 24.1 Å². The van der Waals surface area contributed by atoms with Gasteiger partial charge in [-0.05, 0) is 49.9 Å². The molecule has 2 aliphatic carbocycles. The van der Waals surface area contributed by atoms with Crippen molar-refractivity contribution in [2.75, 3.05) is 0 Å². The molecule has 0 aromatic heterocycles. The lowest BCUT2D eigenvalue weighted by atomic mass is 9.69. The third-order valence-electron chi connectivity index (χ3n) is 6.42. The number of allylic oxidation sites excluding steroid dienone is 2. The maximum atomic E-state index is 13.8. The van der Waals surface area contributed by atoms with Crippen LogP contribution in [0.1, 0.15) is 64.2 Å². The van der Waals surface area contributed by atoms with Crippen molar-refractivity contribution in [2.45, 2.75) is 76.3 Å². The monoisotopic (exact) mass is 418 g/mol. The highest BCUT2D eigenvalue weighted by molar-refractivity contribution is 5.13. The second kappa shape index (κ2) is 9.16. The fourth-order valence-electron chi connectivity index (χ4n) is 4.76. The lowest BCUT2D eigenvalue weighted by Crippen LogP contribution is -2.41. The van der Waals surface area contributed by atoms with Crippen molar-refractivity contribution in [3.8, 4) is 0 Å². The molecule has 2 saturated carbocycles. The molecule has 0 spiro atoms. The first kappa shape index (κ1) is 23.2. The molecule has 2 aliphatic rings. The molecule has 1 atom stereocenters. The minimum Gasteiger partial charge on any atom is -0.199 e. The smallest absolute Gasteiger partial charge is 0.199 e. The fraction of sp³-hybridized carbons (Fsp3) is 0.800. The summed E-state index contributed by atoms with van der Waals surface area (Å²) in [5.41, 5.74) is -0.0591. The maximum Gasteiger partial charge on any atom is 0.398 e. The van der Waals surface area contributed by atoms with Crippen LogP contribution >= 0.6 is 0 Å². The van der Waals surface area contributed by atoms with Crippen LogP contribution in [0.4, 0.5) is 35.1 Å². The SMILES string of the molecule is C=C(CC(C(F)(F)F)C(F)(F)C(F)=C(F)F)C1CCC(C2CCCCC2)CC1. The number of hydrogen-bond acceptors (Lipinski definition) is 0. The zero-order valence-corrected chi connectivity index (χ0v) is 15.6. The van der Waals surface area contributed by atoms with Gasteiger partial charge in [0.2, 0.25) is 5.83 Å². The van der Waals surface area contributed by atoms with Crippen LogP contribution < -0.4 is 0 Å². The highest BCUT2D eigenvalue weighted by atomic mass is 19.4.